The number of ether oxygens (including phenoxy) is 1. The van der Waals surface area contributed by atoms with Crippen LogP contribution in [0.25, 0.3) is 0 Å². The van der Waals surface area contributed by atoms with Gasteiger partial charge in [-0.05, 0) is 58.7 Å². The summed E-state index contributed by atoms with van der Waals surface area (Å²) in [4.78, 5) is 12.3. The number of amides is 1. The zero-order valence-corrected chi connectivity index (χ0v) is 12.5. The van der Waals surface area contributed by atoms with Crippen molar-refractivity contribution in [2.24, 2.45) is 0 Å². The van der Waals surface area contributed by atoms with Crippen molar-refractivity contribution in [3.8, 4) is 11.5 Å². The number of rotatable bonds is 4. The minimum absolute atomic E-state index is 0.170. The number of hydrogen-bond donors (Lipinski definition) is 2. The fourth-order valence-electron chi connectivity index (χ4n) is 1.82. The number of hydrogen-bond acceptors (Lipinski definition) is 3. The van der Waals surface area contributed by atoms with Crippen molar-refractivity contribution in [3.63, 3.8) is 0 Å². The molecule has 0 unspecified atom stereocenters. The molecule has 0 spiro atoms. The Balaban J connectivity index is 2.24. The van der Waals surface area contributed by atoms with Gasteiger partial charge in [0.05, 0.1) is 5.56 Å². The molecular formula is C15H14BrNO3. The third-order valence-corrected chi connectivity index (χ3v) is 3.03. The number of aryl methyl sites for hydroxylation is 1. The first-order chi connectivity index (χ1) is 9.61. The quantitative estimate of drug-likeness (QED) is 0.661. The van der Waals surface area contributed by atoms with Crippen LogP contribution in [-0.2, 0) is 0 Å². The Kier molecular flexibility index (Phi) is 4.63. The molecule has 104 valence electrons. The van der Waals surface area contributed by atoms with Crippen molar-refractivity contribution in [1.82, 2.24) is 0 Å². The molecule has 0 aliphatic heterocycles. The van der Waals surface area contributed by atoms with Gasteiger partial charge in [0.1, 0.15) is 17.0 Å². The molecule has 0 aliphatic rings. The van der Waals surface area contributed by atoms with Crippen LogP contribution in [0.5, 0.6) is 11.5 Å². The van der Waals surface area contributed by atoms with E-state index in [9.17, 15) is 9.90 Å². The maximum atomic E-state index is 12.3. The zero-order valence-electron chi connectivity index (χ0n) is 10.9. The smallest absolute Gasteiger partial charge is 0.259 e. The lowest BCUT2D eigenvalue weighted by Crippen LogP contribution is -2.14. The molecule has 0 aromatic heterocycles. The number of nitrogens with one attached hydrogen (secondary N) is 1. The lowest BCUT2D eigenvalue weighted by atomic mass is 10.1. The second-order valence-electron chi connectivity index (χ2n) is 4.20. The van der Waals surface area contributed by atoms with Crippen LogP contribution in [0, 0.1) is 6.92 Å². The standard InChI is InChI=1S/C15H14BrNO3/c1-10-8-11(18)6-7-13(10)17-15(19)12-4-2-3-5-14(12)20-9-16/h2-8,18H,9H2,1H3,(H,17,19). The second-order valence-corrected chi connectivity index (χ2v) is 4.66. The summed E-state index contributed by atoms with van der Waals surface area (Å²) in [6, 6.07) is 11.8. The van der Waals surface area contributed by atoms with Gasteiger partial charge in [-0.15, -0.1) is 0 Å². The van der Waals surface area contributed by atoms with E-state index >= 15 is 0 Å². The van der Waals surface area contributed by atoms with Crippen molar-refractivity contribution < 1.29 is 14.6 Å². The number of phenols is 1. The molecule has 0 bridgehead atoms. The van der Waals surface area contributed by atoms with Gasteiger partial charge in [-0.25, -0.2) is 0 Å². The number of alkyl halides is 1. The summed E-state index contributed by atoms with van der Waals surface area (Å²) in [5.74, 6) is 0.428. The van der Waals surface area contributed by atoms with Crippen LogP contribution in [0.2, 0.25) is 0 Å². The largest absolute Gasteiger partial charge is 0.508 e. The number of carbonyl (C=O) groups is 1. The summed E-state index contributed by atoms with van der Waals surface area (Å²) < 4.78 is 5.36. The lowest BCUT2D eigenvalue weighted by Gasteiger charge is -2.11. The molecule has 0 aliphatic carbocycles. The van der Waals surface area contributed by atoms with Gasteiger partial charge >= 0.3 is 0 Å². The molecule has 20 heavy (non-hydrogen) atoms. The van der Waals surface area contributed by atoms with E-state index in [1.165, 1.54) is 6.07 Å². The summed E-state index contributed by atoms with van der Waals surface area (Å²) in [5.41, 5.74) is 2.22. The Bertz CT molecular complexity index is 628. The van der Waals surface area contributed by atoms with Gasteiger partial charge in [-0.1, -0.05) is 12.1 Å². The average molecular weight is 336 g/mol. The summed E-state index contributed by atoms with van der Waals surface area (Å²) >= 11 is 3.17. The zero-order chi connectivity index (χ0) is 14.5. The van der Waals surface area contributed by atoms with E-state index in [1.807, 2.05) is 6.92 Å². The Morgan fingerprint density at radius 3 is 2.75 bits per heavy atom. The molecule has 0 saturated heterocycles. The predicted molar refractivity (Wildman–Crippen MR) is 81.7 cm³/mol. The third-order valence-electron chi connectivity index (χ3n) is 2.80. The van der Waals surface area contributed by atoms with Crippen LogP contribution in [0.15, 0.2) is 42.5 Å². The third kappa shape index (κ3) is 3.30. The van der Waals surface area contributed by atoms with Gasteiger partial charge < -0.3 is 15.2 Å². The Hall–Kier alpha value is -2.01. The van der Waals surface area contributed by atoms with E-state index in [0.717, 1.165) is 5.56 Å². The van der Waals surface area contributed by atoms with Crippen LogP contribution in [0.1, 0.15) is 15.9 Å². The summed E-state index contributed by atoms with van der Waals surface area (Å²) in [7, 11) is 0. The van der Waals surface area contributed by atoms with Gasteiger partial charge in [-0.2, -0.15) is 0 Å². The van der Waals surface area contributed by atoms with Crippen LogP contribution >= 0.6 is 15.9 Å². The normalized spacial score (nSPS) is 10.1. The first kappa shape index (κ1) is 14.4. The molecule has 2 aromatic carbocycles. The van der Waals surface area contributed by atoms with E-state index in [2.05, 4.69) is 21.2 Å². The highest BCUT2D eigenvalue weighted by molar-refractivity contribution is 9.09. The topological polar surface area (TPSA) is 58.6 Å². The molecule has 1 amide bonds. The van der Waals surface area contributed by atoms with Crippen molar-refractivity contribution in [2.45, 2.75) is 6.92 Å². The van der Waals surface area contributed by atoms with Crippen molar-refractivity contribution in [2.75, 3.05) is 10.8 Å². The number of halogens is 1. The SMILES string of the molecule is Cc1cc(O)ccc1NC(=O)c1ccccc1OCBr. The highest BCUT2D eigenvalue weighted by atomic mass is 79.9. The molecule has 5 heteroatoms. The first-order valence-electron chi connectivity index (χ1n) is 6.00. The highest BCUT2D eigenvalue weighted by Crippen LogP contribution is 2.23. The minimum Gasteiger partial charge on any atom is -0.508 e. The first-order valence-corrected chi connectivity index (χ1v) is 7.12. The molecule has 0 atom stereocenters. The second kappa shape index (κ2) is 6.43. The van der Waals surface area contributed by atoms with Crippen molar-refractivity contribution in [1.29, 1.82) is 0 Å². The number of phenolic OH excluding ortho intramolecular Hbond substituents is 1. The summed E-state index contributed by atoms with van der Waals surface area (Å²) in [5, 5.41) is 12.2. The molecule has 2 aromatic rings. The molecular weight excluding hydrogens is 322 g/mol. The molecule has 2 N–H and O–H groups in total. The minimum atomic E-state index is -0.254. The van der Waals surface area contributed by atoms with Crippen LogP contribution in [-0.4, -0.2) is 16.5 Å². The van der Waals surface area contributed by atoms with Gasteiger partial charge in [0, 0.05) is 5.69 Å². The fourth-order valence-corrected chi connectivity index (χ4v) is 2.06. The van der Waals surface area contributed by atoms with Crippen LogP contribution in [0.4, 0.5) is 5.69 Å². The van der Waals surface area contributed by atoms with Gasteiger partial charge in [0.2, 0.25) is 0 Å². The Morgan fingerprint density at radius 2 is 2.05 bits per heavy atom. The van der Waals surface area contributed by atoms with Gasteiger partial charge in [0.15, 0.2) is 0 Å². The van der Waals surface area contributed by atoms with E-state index < -0.39 is 0 Å². The summed E-state index contributed by atoms with van der Waals surface area (Å²) in [6.07, 6.45) is 0. The Labute approximate surface area is 125 Å². The van der Waals surface area contributed by atoms with Crippen molar-refractivity contribution >= 4 is 27.5 Å². The lowest BCUT2D eigenvalue weighted by molar-refractivity contribution is 0.102. The maximum absolute atomic E-state index is 12.3. The fraction of sp³-hybridized carbons (Fsp3) is 0.133. The predicted octanol–water partition coefficient (Wildman–Crippen LogP) is 3.68. The van der Waals surface area contributed by atoms with E-state index in [4.69, 9.17) is 4.74 Å². The monoisotopic (exact) mass is 335 g/mol. The number of benzene rings is 2. The number of aromatic hydroxyl groups is 1. The van der Waals surface area contributed by atoms with E-state index in [0.29, 0.717) is 22.5 Å². The van der Waals surface area contributed by atoms with E-state index in [1.54, 1.807) is 36.4 Å². The molecule has 4 nitrogen and oxygen atoms in total. The van der Waals surface area contributed by atoms with Gasteiger partial charge in [-0.3, -0.25) is 4.79 Å². The summed E-state index contributed by atoms with van der Waals surface area (Å²) in [6.45, 7) is 1.82. The van der Waals surface area contributed by atoms with E-state index in [-0.39, 0.29) is 11.7 Å². The number of anilines is 1. The van der Waals surface area contributed by atoms with Gasteiger partial charge in [0.25, 0.3) is 5.91 Å². The molecule has 0 fully saturated rings. The maximum Gasteiger partial charge on any atom is 0.259 e. The number of carbonyl (C=O) groups excluding carboxylic acids is 1. The highest BCUT2D eigenvalue weighted by Gasteiger charge is 2.13. The molecule has 0 radical (unpaired) electrons. The Morgan fingerprint density at radius 1 is 1.30 bits per heavy atom. The number of para-hydroxylation sites is 1. The molecule has 0 heterocycles. The average Bonchev–Trinajstić information content (AvgIpc) is 2.43. The van der Waals surface area contributed by atoms with Crippen LogP contribution < -0.4 is 10.1 Å². The van der Waals surface area contributed by atoms with Crippen LogP contribution in [0.3, 0.4) is 0 Å². The molecule has 0 saturated carbocycles. The molecule has 2 rings (SSSR count). The van der Waals surface area contributed by atoms with Crippen molar-refractivity contribution in [3.05, 3.63) is 53.6 Å².